The summed E-state index contributed by atoms with van der Waals surface area (Å²) in [5.41, 5.74) is 5.54. The average Bonchev–Trinajstić information content (AvgIpc) is 2.80. The molecule has 34 heavy (non-hydrogen) atoms. The fourth-order valence-corrected chi connectivity index (χ4v) is 5.20. The summed E-state index contributed by atoms with van der Waals surface area (Å²) in [4.78, 5) is 11.7. The van der Waals surface area contributed by atoms with Gasteiger partial charge in [-0.2, -0.15) is 0 Å². The first-order chi connectivity index (χ1) is 16.1. The number of ether oxygens (including phenoxy) is 1. The number of hydrogen-bond acceptors (Lipinski definition) is 2. The quantitative estimate of drug-likeness (QED) is 0.344. The van der Waals surface area contributed by atoms with E-state index in [9.17, 15) is 9.90 Å². The van der Waals surface area contributed by atoms with E-state index in [0.29, 0.717) is 12.4 Å². The van der Waals surface area contributed by atoms with E-state index in [1.54, 1.807) is 6.07 Å². The van der Waals surface area contributed by atoms with Crippen LogP contribution in [-0.2, 0) is 10.8 Å². The van der Waals surface area contributed by atoms with Gasteiger partial charge in [-0.3, -0.25) is 0 Å². The second-order valence-corrected chi connectivity index (χ2v) is 11.2. The smallest absolute Gasteiger partial charge is 0.339 e. The maximum Gasteiger partial charge on any atom is 0.339 e. The maximum atomic E-state index is 11.7. The van der Waals surface area contributed by atoms with Crippen LogP contribution in [0.3, 0.4) is 0 Å². The van der Waals surface area contributed by atoms with E-state index in [-0.39, 0.29) is 16.4 Å². The second kappa shape index (κ2) is 9.44. The average molecular weight is 459 g/mol. The highest BCUT2D eigenvalue weighted by Crippen LogP contribution is 2.47. The Labute approximate surface area is 204 Å². The van der Waals surface area contributed by atoms with Crippen LogP contribution in [-0.4, -0.2) is 17.7 Å². The van der Waals surface area contributed by atoms with E-state index >= 15 is 0 Å². The normalized spacial score (nSPS) is 16.3. The van der Waals surface area contributed by atoms with E-state index in [0.717, 1.165) is 30.4 Å². The van der Waals surface area contributed by atoms with Crippen molar-refractivity contribution in [3.63, 3.8) is 0 Å². The van der Waals surface area contributed by atoms with Gasteiger partial charge in [0.15, 0.2) is 0 Å². The molecule has 0 amide bonds. The third-order valence-electron chi connectivity index (χ3n) is 7.61. The van der Waals surface area contributed by atoms with E-state index in [4.69, 9.17) is 4.74 Å². The van der Waals surface area contributed by atoms with Crippen LogP contribution in [0.25, 0.3) is 21.9 Å². The number of aromatic carboxylic acids is 1. The van der Waals surface area contributed by atoms with E-state index in [1.165, 1.54) is 41.2 Å². The number of carbonyl (C=O) groups is 1. The second-order valence-electron chi connectivity index (χ2n) is 11.2. The molecule has 1 aliphatic carbocycles. The first-order valence-electron chi connectivity index (χ1n) is 12.7. The van der Waals surface area contributed by atoms with Crippen LogP contribution in [0, 0.1) is 0 Å². The van der Waals surface area contributed by atoms with Gasteiger partial charge in [0.25, 0.3) is 0 Å². The molecule has 3 nitrogen and oxygen atoms in total. The number of carboxylic acids is 1. The predicted octanol–water partition coefficient (Wildman–Crippen LogP) is 8.51. The van der Waals surface area contributed by atoms with Crippen LogP contribution in [0.4, 0.5) is 0 Å². The monoisotopic (exact) mass is 458 g/mol. The Balaban J connectivity index is 1.70. The lowest BCUT2D eigenvalue weighted by Crippen LogP contribution is -2.33. The zero-order chi connectivity index (χ0) is 24.5. The molecule has 0 saturated carbocycles. The third-order valence-corrected chi connectivity index (χ3v) is 7.61. The largest absolute Gasteiger partial charge is 0.493 e. The molecular weight excluding hydrogens is 420 g/mol. The molecule has 1 N–H and O–H groups in total. The number of fused-ring (bicyclic) bond motifs is 2. The van der Waals surface area contributed by atoms with Gasteiger partial charge in [-0.05, 0) is 81.3 Å². The molecule has 3 aromatic rings. The zero-order valence-electron chi connectivity index (χ0n) is 21.3. The summed E-state index contributed by atoms with van der Waals surface area (Å²) in [5, 5.41) is 12.1. The van der Waals surface area contributed by atoms with Crippen molar-refractivity contribution in [3.8, 4) is 16.9 Å². The highest BCUT2D eigenvalue weighted by atomic mass is 16.5. The van der Waals surface area contributed by atoms with E-state index in [1.807, 2.05) is 12.1 Å². The number of hydrogen-bond donors (Lipinski definition) is 1. The first-order valence-corrected chi connectivity index (χ1v) is 12.7. The SMILES string of the molecule is CCCCCCOc1cc(-c2ccc3cc4c(cc3c2)C(C)(C)CCC4(C)C)ccc1C(=O)O. The number of unbranched alkanes of at least 4 members (excludes halogenated alkanes) is 3. The first kappa shape index (κ1) is 24.3. The summed E-state index contributed by atoms with van der Waals surface area (Å²) in [6.45, 7) is 12.1. The molecule has 0 heterocycles. The minimum Gasteiger partial charge on any atom is -0.493 e. The van der Waals surface area contributed by atoms with Crippen molar-refractivity contribution in [2.45, 2.75) is 84.0 Å². The van der Waals surface area contributed by atoms with Crippen molar-refractivity contribution >= 4 is 16.7 Å². The van der Waals surface area contributed by atoms with Crippen LogP contribution in [0.15, 0.2) is 48.5 Å². The summed E-state index contributed by atoms with van der Waals surface area (Å²) < 4.78 is 5.94. The van der Waals surface area contributed by atoms with Gasteiger partial charge in [0.2, 0.25) is 0 Å². The number of benzene rings is 3. The molecule has 0 aliphatic heterocycles. The number of rotatable bonds is 8. The molecule has 0 radical (unpaired) electrons. The minimum atomic E-state index is -0.954. The summed E-state index contributed by atoms with van der Waals surface area (Å²) in [6.07, 6.45) is 6.76. The Morgan fingerprint density at radius 3 is 2.09 bits per heavy atom. The standard InChI is InChI=1S/C31H38O3/c1-6-7-8-9-16-34-28-20-23(12-13-25(28)29(32)33)21-10-11-22-18-26-27(19-24(22)17-21)31(4,5)15-14-30(26,2)3/h10-13,17-20H,6-9,14-16H2,1-5H3,(H,32,33). The fraction of sp³-hybridized carbons (Fsp3) is 0.452. The van der Waals surface area contributed by atoms with Crippen LogP contribution in [0.1, 0.15) is 94.6 Å². The van der Waals surface area contributed by atoms with Crippen molar-refractivity contribution < 1.29 is 14.6 Å². The zero-order valence-corrected chi connectivity index (χ0v) is 21.3. The third kappa shape index (κ3) is 4.85. The van der Waals surface area contributed by atoms with E-state index in [2.05, 4.69) is 65.0 Å². The van der Waals surface area contributed by atoms with Gasteiger partial charge in [0.05, 0.1) is 6.61 Å². The van der Waals surface area contributed by atoms with Gasteiger partial charge in [-0.25, -0.2) is 4.79 Å². The van der Waals surface area contributed by atoms with Gasteiger partial charge >= 0.3 is 5.97 Å². The lowest BCUT2D eigenvalue weighted by Gasteiger charge is -2.42. The Morgan fingerprint density at radius 1 is 0.824 bits per heavy atom. The molecule has 0 spiro atoms. The molecule has 0 unspecified atom stereocenters. The van der Waals surface area contributed by atoms with Crippen molar-refractivity contribution in [2.24, 2.45) is 0 Å². The molecule has 3 heteroatoms. The van der Waals surface area contributed by atoms with Crippen molar-refractivity contribution in [2.75, 3.05) is 6.61 Å². The van der Waals surface area contributed by atoms with Gasteiger partial charge in [0, 0.05) is 0 Å². The van der Waals surface area contributed by atoms with Gasteiger partial charge in [-0.15, -0.1) is 0 Å². The molecule has 0 aromatic heterocycles. The molecular formula is C31H38O3. The van der Waals surface area contributed by atoms with E-state index < -0.39 is 5.97 Å². The predicted molar refractivity (Wildman–Crippen MR) is 141 cm³/mol. The Kier molecular flexibility index (Phi) is 6.75. The Bertz CT molecular complexity index is 1200. The molecule has 3 aromatic carbocycles. The highest BCUT2D eigenvalue weighted by molar-refractivity contribution is 5.93. The van der Waals surface area contributed by atoms with Crippen LogP contribution < -0.4 is 4.74 Å². The molecule has 0 saturated heterocycles. The summed E-state index contributed by atoms with van der Waals surface area (Å²) >= 11 is 0. The Morgan fingerprint density at radius 2 is 1.44 bits per heavy atom. The lowest BCUT2D eigenvalue weighted by molar-refractivity contribution is 0.0692. The molecule has 1 aliphatic rings. The van der Waals surface area contributed by atoms with Gasteiger partial charge in [0.1, 0.15) is 11.3 Å². The molecule has 4 rings (SSSR count). The van der Waals surface area contributed by atoms with Crippen LogP contribution in [0.5, 0.6) is 5.75 Å². The maximum absolute atomic E-state index is 11.7. The van der Waals surface area contributed by atoms with Crippen LogP contribution >= 0.6 is 0 Å². The van der Waals surface area contributed by atoms with Crippen molar-refractivity contribution in [1.29, 1.82) is 0 Å². The number of carboxylic acid groups (broad SMARTS) is 1. The minimum absolute atomic E-state index is 0.164. The summed E-state index contributed by atoms with van der Waals surface area (Å²) in [5.74, 6) is -0.500. The summed E-state index contributed by atoms with van der Waals surface area (Å²) in [7, 11) is 0. The summed E-state index contributed by atoms with van der Waals surface area (Å²) in [6, 6.07) is 16.8. The topological polar surface area (TPSA) is 46.5 Å². The van der Waals surface area contributed by atoms with Crippen molar-refractivity contribution in [1.82, 2.24) is 0 Å². The van der Waals surface area contributed by atoms with Gasteiger partial charge in [-0.1, -0.05) is 84.2 Å². The molecule has 180 valence electrons. The highest BCUT2D eigenvalue weighted by Gasteiger charge is 2.37. The molecule has 0 atom stereocenters. The lowest BCUT2D eigenvalue weighted by atomic mass is 9.63. The molecule has 0 fully saturated rings. The van der Waals surface area contributed by atoms with Crippen LogP contribution in [0.2, 0.25) is 0 Å². The Hall–Kier alpha value is -2.81. The van der Waals surface area contributed by atoms with Crippen molar-refractivity contribution in [3.05, 3.63) is 65.2 Å². The van der Waals surface area contributed by atoms with Gasteiger partial charge < -0.3 is 9.84 Å². The molecule has 0 bridgehead atoms. The fourth-order valence-electron chi connectivity index (χ4n) is 5.20.